The maximum atomic E-state index is 14.8. The Balaban J connectivity index is 1.35. The van der Waals surface area contributed by atoms with Gasteiger partial charge in [0.05, 0.1) is 37.7 Å². The molecule has 0 bridgehead atoms. The lowest BCUT2D eigenvalue weighted by atomic mass is 9.82. The number of ether oxygens (including phenoxy) is 3. The zero-order chi connectivity index (χ0) is 32.6. The van der Waals surface area contributed by atoms with Crippen LogP contribution >= 0.6 is 0 Å². The van der Waals surface area contributed by atoms with Crippen molar-refractivity contribution in [2.24, 2.45) is 5.73 Å². The van der Waals surface area contributed by atoms with E-state index in [4.69, 9.17) is 19.9 Å². The van der Waals surface area contributed by atoms with Crippen LogP contribution in [0.15, 0.2) is 60.9 Å². The second-order valence-electron chi connectivity index (χ2n) is 10.5. The number of benzene rings is 2. The number of pyridine rings is 1. The number of rotatable bonds is 13. The molecule has 0 spiro atoms. The number of hydrogen-bond donors (Lipinski definition) is 2. The van der Waals surface area contributed by atoms with Crippen LogP contribution in [0.3, 0.4) is 0 Å². The zero-order valence-electron chi connectivity index (χ0n) is 23.9. The molecule has 14 heteroatoms. The molecule has 3 aromatic rings. The van der Waals surface area contributed by atoms with Crippen LogP contribution in [0.25, 0.3) is 0 Å². The van der Waals surface area contributed by atoms with Crippen LogP contribution in [0.4, 0.5) is 26.3 Å². The number of alkyl halides is 3. The van der Waals surface area contributed by atoms with Gasteiger partial charge in [-0.15, -0.1) is 0 Å². The molecular formula is C31H31F6N3O5. The van der Waals surface area contributed by atoms with Gasteiger partial charge in [0, 0.05) is 30.6 Å². The van der Waals surface area contributed by atoms with E-state index >= 15 is 0 Å². The summed E-state index contributed by atoms with van der Waals surface area (Å²) in [5.74, 6) is -4.27. The third-order valence-electron chi connectivity index (χ3n) is 7.12. The van der Waals surface area contributed by atoms with Crippen LogP contribution in [-0.4, -0.2) is 67.5 Å². The monoisotopic (exact) mass is 639 g/mol. The van der Waals surface area contributed by atoms with Gasteiger partial charge in [-0.1, -0.05) is 24.3 Å². The molecule has 0 unspecified atom stereocenters. The topological polar surface area (TPSA) is 113 Å². The Hall–Kier alpha value is -4.01. The van der Waals surface area contributed by atoms with Gasteiger partial charge in [-0.05, 0) is 35.4 Å². The van der Waals surface area contributed by atoms with E-state index in [2.05, 4.69) is 10.3 Å². The molecule has 0 aliphatic carbocycles. The largest absolute Gasteiger partial charge is 0.487 e. The van der Waals surface area contributed by atoms with Crippen molar-refractivity contribution >= 4 is 11.8 Å². The van der Waals surface area contributed by atoms with Gasteiger partial charge in [0.1, 0.15) is 31.0 Å². The molecule has 1 aliphatic rings. The van der Waals surface area contributed by atoms with Crippen molar-refractivity contribution in [3.63, 3.8) is 0 Å². The molecule has 3 atom stereocenters. The fraction of sp³-hybridized carbons (Fsp3) is 0.387. The van der Waals surface area contributed by atoms with Gasteiger partial charge in [0.25, 0.3) is 0 Å². The number of nitrogens with one attached hydrogen (secondary N) is 1. The average Bonchev–Trinajstić information content (AvgIpc) is 3.01. The van der Waals surface area contributed by atoms with Crippen molar-refractivity contribution in [2.75, 3.05) is 26.4 Å². The Kier molecular flexibility index (Phi) is 11.5. The van der Waals surface area contributed by atoms with Crippen LogP contribution in [0.2, 0.25) is 0 Å². The van der Waals surface area contributed by atoms with Crippen molar-refractivity contribution in [1.82, 2.24) is 10.3 Å². The minimum Gasteiger partial charge on any atom is -0.487 e. The van der Waals surface area contributed by atoms with E-state index in [9.17, 15) is 35.9 Å². The number of nitrogens with two attached hydrogens (primary N) is 1. The lowest BCUT2D eigenvalue weighted by Crippen LogP contribution is -2.50. The molecule has 1 saturated heterocycles. The Labute approximate surface area is 254 Å². The maximum absolute atomic E-state index is 14.8. The minimum absolute atomic E-state index is 0.0494. The summed E-state index contributed by atoms with van der Waals surface area (Å²) in [5.41, 5.74) is 7.59. The molecule has 242 valence electrons. The Morgan fingerprint density at radius 1 is 0.978 bits per heavy atom. The van der Waals surface area contributed by atoms with Crippen molar-refractivity contribution in [3.8, 4) is 5.75 Å². The summed E-state index contributed by atoms with van der Waals surface area (Å²) in [6.45, 7) is -0.0684. The molecule has 2 aromatic carbocycles. The van der Waals surface area contributed by atoms with Gasteiger partial charge in [0.15, 0.2) is 17.3 Å². The number of halogens is 6. The van der Waals surface area contributed by atoms with Gasteiger partial charge < -0.3 is 25.3 Å². The first-order valence-corrected chi connectivity index (χ1v) is 14.0. The smallest absolute Gasteiger partial charge is 0.389 e. The van der Waals surface area contributed by atoms with Gasteiger partial charge >= 0.3 is 12.1 Å². The first-order valence-electron chi connectivity index (χ1n) is 14.0. The molecule has 45 heavy (non-hydrogen) atoms. The van der Waals surface area contributed by atoms with Crippen LogP contribution in [0.5, 0.6) is 5.75 Å². The lowest BCUT2D eigenvalue weighted by Gasteiger charge is -2.30. The van der Waals surface area contributed by atoms with Crippen LogP contribution < -0.4 is 15.8 Å². The number of Topliss-reactive ketones (excluding diaryl/α,β-unsaturated/α-hetero) is 1. The fourth-order valence-corrected chi connectivity index (χ4v) is 4.76. The second-order valence-corrected chi connectivity index (χ2v) is 10.5. The van der Waals surface area contributed by atoms with E-state index in [1.165, 1.54) is 54.7 Å². The van der Waals surface area contributed by atoms with E-state index in [0.29, 0.717) is 11.1 Å². The van der Waals surface area contributed by atoms with Crippen molar-refractivity contribution in [2.45, 2.75) is 49.5 Å². The van der Waals surface area contributed by atoms with E-state index < -0.39 is 72.3 Å². The Bertz CT molecular complexity index is 1390. The summed E-state index contributed by atoms with van der Waals surface area (Å²) in [6, 6.07) is 9.18. The quantitative estimate of drug-likeness (QED) is 0.209. The number of ketones is 1. The number of esters is 1. The van der Waals surface area contributed by atoms with E-state index in [0.717, 1.165) is 6.20 Å². The highest BCUT2D eigenvalue weighted by Crippen LogP contribution is 2.30. The molecule has 4 rings (SSSR count). The van der Waals surface area contributed by atoms with Crippen molar-refractivity contribution in [3.05, 3.63) is 95.1 Å². The average molecular weight is 640 g/mol. The molecule has 1 aliphatic heterocycles. The van der Waals surface area contributed by atoms with Gasteiger partial charge in [0.2, 0.25) is 0 Å². The van der Waals surface area contributed by atoms with Gasteiger partial charge in [-0.25, -0.2) is 13.2 Å². The highest BCUT2D eigenvalue weighted by Gasteiger charge is 2.31. The van der Waals surface area contributed by atoms with Crippen LogP contribution in [0.1, 0.15) is 35.4 Å². The summed E-state index contributed by atoms with van der Waals surface area (Å²) in [7, 11) is 0. The highest BCUT2D eigenvalue weighted by molar-refractivity contribution is 5.88. The Morgan fingerprint density at radius 3 is 2.16 bits per heavy atom. The minimum atomic E-state index is -4.46. The third kappa shape index (κ3) is 9.99. The summed E-state index contributed by atoms with van der Waals surface area (Å²) >= 11 is 0. The molecule has 0 saturated carbocycles. The predicted molar refractivity (Wildman–Crippen MR) is 149 cm³/mol. The standard InChI is InChI=1S/C31H31F6N3O5/c32-21-5-1-18(2-6-21)28(19-3-7-22(33)8-4-19)29(38)26(41)11-20-12-39-14-25(34)30(20)45-17-24-13-40-23(15-43-24)16-44-27(42)9-10-31(35,36)37/h1-8,12,14,23-24,28-29,40H,9-11,13,15-17,38H2/t23-,24-,29+/m0/s1. The van der Waals surface area contributed by atoms with E-state index in [1.807, 2.05) is 0 Å². The molecule has 1 aromatic heterocycles. The number of carbonyl (C=O) groups is 2. The number of aromatic nitrogens is 1. The zero-order valence-corrected chi connectivity index (χ0v) is 23.9. The maximum Gasteiger partial charge on any atom is 0.389 e. The Morgan fingerprint density at radius 2 is 1.60 bits per heavy atom. The summed E-state index contributed by atoms with van der Waals surface area (Å²) in [5, 5.41) is 3.03. The summed E-state index contributed by atoms with van der Waals surface area (Å²) < 4.78 is 95.1. The SMILES string of the molecule is N[C@H](C(=O)Cc1cncc(F)c1OC[C@@H]1CN[C@H](COC(=O)CCC(F)(F)F)CO1)C(c1ccc(F)cc1)c1ccc(F)cc1. The second kappa shape index (κ2) is 15.3. The number of nitrogens with zero attached hydrogens (tertiary/aromatic N) is 1. The number of carbonyl (C=O) groups excluding carboxylic acids is 2. The summed E-state index contributed by atoms with van der Waals surface area (Å²) in [6.07, 6.45) is -5.23. The number of hydrogen-bond acceptors (Lipinski definition) is 8. The van der Waals surface area contributed by atoms with Crippen LogP contribution in [-0.2, 0) is 25.5 Å². The van der Waals surface area contributed by atoms with Gasteiger partial charge in [-0.3, -0.25) is 14.6 Å². The fourth-order valence-electron chi connectivity index (χ4n) is 4.76. The number of morpholine rings is 1. The van der Waals surface area contributed by atoms with Crippen molar-refractivity contribution in [1.29, 1.82) is 0 Å². The van der Waals surface area contributed by atoms with E-state index in [1.54, 1.807) is 0 Å². The van der Waals surface area contributed by atoms with E-state index in [-0.39, 0.29) is 44.1 Å². The lowest BCUT2D eigenvalue weighted by molar-refractivity contribution is -0.158. The molecule has 0 amide bonds. The first kappa shape index (κ1) is 33.9. The molecule has 0 radical (unpaired) electrons. The molecule has 3 N–H and O–H groups in total. The molecule has 8 nitrogen and oxygen atoms in total. The highest BCUT2D eigenvalue weighted by atomic mass is 19.4. The van der Waals surface area contributed by atoms with Crippen molar-refractivity contribution < 1.29 is 50.1 Å². The summed E-state index contributed by atoms with van der Waals surface area (Å²) in [4.78, 5) is 28.8. The third-order valence-corrected chi connectivity index (χ3v) is 7.12. The normalized spacial score (nSPS) is 17.6. The van der Waals surface area contributed by atoms with Crippen LogP contribution in [0, 0.1) is 17.5 Å². The van der Waals surface area contributed by atoms with Gasteiger partial charge in [-0.2, -0.15) is 13.2 Å². The first-order chi connectivity index (χ1) is 21.4. The molecular weight excluding hydrogens is 608 g/mol. The molecule has 2 heterocycles. The molecule has 1 fully saturated rings. The predicted octanol–water partition coefficient (Wildman–Crippen LogP) is 4.39.